The number of hydrogen-bond acceptors (Lipinski definition) is 12. The lowest BCUT2D eigenvalue weighted by molar-refractivity contribution is -0.172. The van der Waals surface area contributed by atoms with E-state index in [0.29, 0.717) is 24.2 Å². The fourth-order valence-electron chi connectivity index (χ4n) is 12.5. The van der Waals surface area contributed by atoms with Gasteiger partial charge in [0.05, 0.1) is 63.5 Å². The third-order valence-electron chi connectivity index (χ3n) is 15.1. The second kappa shape index (κ2) is 18.0. The number of methoxy groups -OCH3 is 4. The number of rotatable bonds is 8. The summed E-state index contributed by atoms with van der Waals surface area (Å²) in [5.74, 6) is -8.82. The molecule has 4 aromatic rings. The Hall–Kier alpha value is -7.48. The molecule has 68 heavy (non-hydrogen) atoms. The zero-order chi connectivity index (χ0) is 48.1. The van der Waals surface area contributed by atoms with Gasteiger partial charge in [-0.25, -0.2) is 0 Å². The molecule has 0 bridgehead atoms. The number of para-hydroxylation sites is 2. The molecule has 14 nitrogen and oxygen atoms in total. The highest BCUT2D eigenvalue weighted by molar-refractivity contribution is 6.23. The Balaban J connectivity index is 0.000000170. The Labute approximate surface area is 392 Å². The Morgan fingerprint density at radius 1 is 0.426 bits per heavy atom. The van der Waals surface area contributed by atoms with Crippen molar-refractivity contribution >= 4 is 58.9 Å². The summed E-state index contributed by atoms with van der Waals surface area (Å²) in [6.45, 7) is 0. The third-order valence-corrected chi connectivity index (χ3v) is 15.1. The molecule has 2 heterocycles. The number of benzene rings is 4. The van der Waals surface area contributed by atoms with Crippen molar-refractivity contribution in [3.8, 4) is 0 Å². The summed E-state index contributed by atoms with van der Waals surface area (Å²) in [4.78, 5) is 110. The number of carbonyl (C=O) groups excluding carboxylic acids is 8. The number of amides is 4. The Morgan fingerprint density at radius 3 is 1.01 bits per heavy atom. The molecular weight excluding hydrogens is 869 g/mol. The summed E-state index contributed by atoms with van der Waals surface area (Å²) in [5.41, 5.74) is 0.865. The van der Waals surface area contributed by atoms with Crippen LogP contribution in [-0.4, -0.2) is 75.9 Å². The van der Waals surface area contributed by atoms with E-state index in [2.05, 4.69) is 0 Å². The molecule has 10 rings (SSSR count). The van der Waals surface area contributed by atoms with E-state index < -0.39 is 82.1 Å². The molecule has 0 aromatic heterocycles. The van der Waals surface area contributed by atoms with Crippen LogP contribution in [0, 0.1) is 46.3 Å². The van der Waals surface area contributed by atoms with Gasteiger partial charge < -0.3 is 18.9 Å². The van der Waals surface area contributed by atoms with Crippen molar-refractivity contribution in [1.29, 1.82) is 0 Å². The van der Waals surface area contributed by atoms with Crippen LogP contribution < -0.4 is 9.80 Å². The first-order valence-corrected chi connectivity index (χ1v) is 22.6. The van der Waals surface area contributed by atoms with Crippen molar-refractivity contribution in [3.05, 3.63) is 156 Å². The standard InChI is InChI=1S/2C27H25NO6/c2*1-33-25(31)27(26(32)34-2)15-17-13-14-19-21(20(17)22(27)16-9-5-3-6-10-16)24(30)28(23(19)29)18-11-7-4-8-12-18/h2*3-13,19-22H,14-15H2,1-2H3/t2*19-,20+,21-,22+/m11/s1. The number of allylic oxidation sites excluding steroid dienone is 4. The number of fused-ring (bicyclic) bond motifs is 6. The van der Waals surface area contributed by atoms with Gasteiger partial charge in [-0.15, -0.1) is 0 Å². The molecule has 2 saturated carbocycles. The number of imide groups is 2. The quantitative estimate of drug-likeness (QED) is 0.0616. The molecule has 0 radical (unpaired) electrons. The van der Waals surface area contributed by atoms with Crippen molar-refractivity contribution in [2.45, 2.75) is 37.5 Å². The van der Waals surface area contributed by atoms with Crippen LogP contribution in [0.25, 0.3) is 0 Å². The van der Waals surface area contributed by atoms with Gasteiger partial charge in [0.15, 0.2) is 10.8 Å². The van der Waals surface area contributed by atoms with Crippen molar-refractivity contribution in [3.63, 3.8) is 0 Å². The predicted octanol–water partition coefficient (Wildman–Crippen LogP) is 6.52. The van der Waals surface area contributed by atoms with Crippen LogP contribution in [0.1, 0.15) is 48.6 Å². The van der Waals surface area contributed by atoms with Gasteiger partial charge in [0.25, 0.3) is 0 Å². The zero-order valence-corrected chi connectivity index (χ0v) is 37.9. The van der Waals surface area contributed by atoms with Gasteiger partial charge in [-0.1, -0.05) is 120 Å². The van der Waals surface area contributed by atoms with E-state index in [1.807, 2.05) is 84.9 Å². The zero-order valence-electron chi connectivity index (χ0n) is 37.9. The van der Waals surface area contributed by atoms with Crippen molar-refractivity contribution in [1.82, 2.24) is 0 Å². The summed E-state index contributed by atoms with van der Waals surface area (Å²) < 4.78 is 20.6. The number of esters is 4. The average Bonchev–Trinajstić information content (AvgIpc) is 4.08. The van der Waals surface area contributed by atoms with Crippen LogP contribution in [0.15, 0.2) is 145 Å². The molecular formula is C54H50N2O12. The van der Waals surface area contributed by atoms with Crippen LogP contribution in [-0.2, 0) is 57.3 Å². The smallest absolute Gasteiger partial charge is 0.324 e. The molecule has 0 unspecified atom stereocenters. The van der Waals surface area contributed by atoms with Crippen LogP contribution in [0.4, 0.5) is 11.4 Å². The molecule has 4 amide bonds. The summed E-state index contributed by atoms with van der Waals surface area (Å²) in [5, 5.41) is 0. The highest BCUT2D eigenvalue weighted by Crippen LogP contribution is 2.65. The van der Waals surface area contributed by atoms with Gasteiger partial charge in [-0.3, -0.25) is 48.2 Å². The minimum atomic E-state index is -1.64. The maximum Gasteiger partial charge on any atom is 0.324 e. The summed E-state index contributed by atoms with van der Waals surface area (Å²) in [6.07, 6.45) is 4.79. The lowest BCUT2D eigenvalue weighted by atomic mass is 9.65. The van der Waals surface area contributed by atoms with E-state index >= 15 is 0 Å². The number of ether oxygens (including phenoxy) is 4. The van der Waals surface area contributed by atoms with Gasteiger partial charge in [0, 0.05) is 23.7 Å². The highest BCUT2D eigenvalue weighted by Gasteiger charge is 2.70. The molecule has 4 fully saturated rings. The van der Waals surface area contributed by atoms with Gasteiger partial charge in [0.1, 0.15) is 0 Å². The molecule has 0 N–H and O–H groups in total. The normalized spacial score (nSPS) is 27.0. The van der Waals surface area contributed by atoms with Crippen LogP contribution >= 0.6 is 0 Å². The van der Waals surface area contributed by atoms with Crippen LogP contribution in [0.2, 0.25) is 0 Å². The van der Waals surface area contributed by atoms with Crippen molar-refractivity contribution in [2.75, 3.05) is 38.2 Å². The Bertz CT molecular complexity index is 2530. The van der Waals surface area contributed by atoms with E-state index in [0.717, 1.165) is 22.3 Å². The van der Waals surface area contributed by atoms with Gasteiger partial charge >= 0.3 is 23.9 Å². The lowest BCUT2D eigenvalue weighted by Crippen LogP contribution is -2.45. The molecule has 6 aliphatic rings. The van der Waals surface area contributed by atoms with Crippen molar-refractivity contribution in [2.24, 2.45) is 46.3 Å². The predicted molar refractivity (Wildman–Crippen MR) is 245 cm³/mol. The minimum Gasteiger partial charge on any atom is -0.468 e. The summed E-state index contributed by atoms with van der Waals surface area (Å²) in [7, 11) is 4.98. The van der Waals surface area contributed by atoms with Gasteiger partial charge in [0.2, 0.25) is 23.6 Å². The van der Waals surface area contributed by atoms with Crippen LogP contribution in [0.5, 0.6) is 0 Å². The monoisotopic (exact) mass is 918 g/mol. The highest BCUT2D eigenvalue weighted by atomic mass is 16.6. The topological polar surface area (TPSA) is 180 Å². The van der Waals surface area contributed by atoms with Gasteiger partial charge in [-0.05, 0) is 61.1 Å². The largest absolute Gasteiger partial charge is 0.468 e. The molecule has 4 aliphatic carbocycles. The first kappa shape index (κ1) is 45.7. The fraction of sp³-hybridized carbons (Fsp3) is 0.333. The Morgan fingerprint density at radius 2 is 0.721 bits per heavy atom. The second-order valence-corrected chi connectivity index (χ2v) is 18.1. The third kappa shape index (κ3) is 6.82. The molecule has 8 atom stereocenters. The molecule has 0 spiro atoms. The van der Waals surface area contributed by atoms with E-state index in [1.54, 1.807) is 48.5 Å². The van der Waals surface area contributed by atoms with Crippen molar-refractivity contribution < 1.29 is 57.3 Å². The van der Waals surface area contributed by atoms with E-state index in [-0.39, 0.29) is 36.5 Å². The Kier molecular flexibility index (Phi) is 12.1. The maximum absolute atomic E-state index is 13.8. The molecule has 2 saturated heterocycles. The van der Waals surface area contributed by atoms with E-state index in [1.165, 1.54) is 38.2 Å². The summed E-state index contributed by atoms with van der Waals surface area (Å²) >= 11 is 0. The number of anilines is 2. The molecule has 14 heteroatoms. The first-order valence-electron chi connectivity index (χ1n) is 22.6. The fourth-order valence-corrected chi connectivity index (χ4v) is 12.5. The molecule has 2 aliphatic heterocycles. The van der Waals surface area contributed by atoms with Crippen LogP contribution in [0.3, 0.4) is 0 Å². The first-order chi connectivity index (χ1) is 32.9. The van der Waals surface area contributed by atoms with E-state index in [4.69, 9.17) is 18.9 Å². The van der Waals surface area contributed by atoms with Gasteiger partial charge in [-0.2, -0.15) is 0 Å². The average molecular weight is 919 g/mol. The second-order valence-electron chi connectivity index (χ2n) is 18.1. The number of nitrogens with zero attached hydrogens (tertiary/aromatic N) is 2. The maximum atomic E-state index is 13.8. The minimum absolute atomic E-state index is 0.0899. The summed E-state index contributed by atoms with van der Waals surface area (Å²) in [6, 6.07) is 36.1. The number of hydrogen-bond donors (Lipinski definition) is 0. The SMILES string of the molecule is COC(=O)C1(C(=O)OC)CC2=CC[C@H]3C(=O)N(c4ccccc4)C(=O)[C@H]3[C@H]2[C@@H]1c1ccccc1.COC(=O)C1(C(=O)OC)CC2=CC[C@H]3C(=O)N(c4ccccc4)C(=O)[C@H]3[C@H]2[C@@H]1c1ccccc1. The lowest BCUT2D eigenvalue weighted by Gasteiger charge is -2.36. The van der Waals surface area contributed by atoms with E-state index in [9.17, 15) is 38.4 Å². The molecule has 348 valence electrons. The number of carbonyl (C=O) groups is 8. The molecule has 4 aromatic carbocycles.